The van der Waals surface area contributed by atoms with Crippen LogP contribution in [0.2, 0.25) is 0 Å². The normalized spacial score (nSPS) is 18.8. The van der Waals surface area contributed by atoms with Gasteiger partial charge in [-0.2, -0.15) is 0 Å². The molecule has 0 aromatic carbocycles. The molecule has 1 fully saturated rings. The zero-order valence-corrected chi connectivity index (χ0v) is 14.6. The molecular formula is C12H27N3O4S2. The molecule has 9 heteroatoms. The van der Waals surface area contributed by atoms with Crippen molar-refractivity contribution in [1.29, 1.82) is 0 Å². The summed E-state index contributed by atoms with van der Waals surface area (Å²) < 4.78 is 51.3. The molecule has 126 valence electrons. The fourth-order valence-electron chi connectivity index (χ4n) is 2.39. The molecule has 1 aliphatic heterocycles. The van der Waals surface area contributed by atoms with Crippen molar-refractivity contribution in [2.24, 2.45) is 5.92 Å². The van der Waals surface area contributed by atoms with Crippen LogP contribution in [0.25, 0.3) is 0 Å². The van der Waals surface area contributed by atoms with E-state index in [9.17, 15) is 16.8 Å². The van der Waals surface area contributed by atoms with Crippen LogP contribution in [0.1, 0.15) is 33.1 Å². The van der Waals surface area contributed by atoms with Crippen LogP contribution in [-0.2, 0) is 20.0 Å². The van der Waals surface area contributed by atoms with E-state index in [1.54, 1.807) is 13.8 Å². The first kappa shape index (κ1) is 18.8. The van der Waals surface area contributed by atoms with Gasteiger partial charge in [-0.25, -0.2) is 26.3 Å². The molecule has 0 amide bonds. The first-order valence-electron chi connectivity index (χ1n) is 7.16. The Morgan fingerprint density at radius 3 is 2.24 bits per heavy atom. The summed E-state index contributed by atoms with van der Waals surface area (Å²) in [4.78, 5) is 0. The lowest BCUT2D eigenvalue weighted by molar-refractivity contribution is 0.364. The van der Waals surface area contributed by atoms with Gasteiger partial charge in [0.05, 0.1) is 12.0 Å². The van der Waals surface area contributed by atoms with Gasteiger partial charge in [-0.15, -0.1) is 0 Å². The Balaban J connectivity index is 2.41. The van der Waals surface area contributed by atoms with Crippen molar-refractivity contribution in [1.82, 2.24) is 14.8 Å². The van der Waals surface area contributed by atoms with Gasteiger partial charge in [0.15, 0.2) is 0 Å². The van der Waals surface area contributed by atoms with E-state index < -0.39 is 25.6 Å². The third kappa shape index (κ3) is 8.72. The summed E-state index contributed by atoms with van der Waals surface area (Å²) in [5.41, 5.74) is -0.852. The fourth-order valence-corrected chi connectivity index (χ4v) is 4.84. The highest BCUT2D eigenvalue weighted by atomic mass is 32.2. The number of piperidine rings is 1. The number of hydrogen-bond acceptors (Lipinski definition) is 5. The zero-order chi connectivity index (χ0) is 16.1. The van der Waals surface area contributed by atoms with Crippen molar-refractivity contribution in [2.45, 2.75) is 38.6 Å². The number of rotatable bonds is 8. The van der Waals surface area contributed by atoms with E-state index in [1.807, 2.05) is 0 Å². The van der Waals surface area contributed by atoms with E-state index >= 15 is 0 Å². The number of nitrogens with one attached hydrogen (secondary N) is 3. The molecule has 0 aromatic heterocycles. The minimum atomic E-state index is -3.37. The molecule has 3 N–H and O–H groups in total. The molecule has 0 atom stereocenters. The third-order valence-corrected chi connectivity index (χ3v) is 5.73. The number of hydrogen-bond donors (Lipinski definition) is 3. The highest BCUT2D eigenvalue weighted by molar-refractivity contribution is 7.89. The second kappa shape index (κ2) is 7.36. The molecule has 21 heavy (non-hydrogen) atoms. The van der Waals surface area contributed by atoms with Gasteiger partial charge in [-0.1, -0.05) is 0 Å². The topological polar surface area (TPSA) is 104 Å². The minimum Gasteiger partial charge on any atom is -0.317 e. The molecule has 0 aliphatic carbocycles. The first-order valence-corrected chi connectivity index (χ1v) is 10.7. The van der Waals surface area contributed by atoms with Gasteiger partial charge in [0.2, 0.25) is 20.0 Å². The summed E-state index contributed by atoms with van der Waals surface area (Å²) in [5.74, 6) is 0.539. The Morgan fingerprint density at radius 1 is 1.14 bits per heavy atom. The van der Waals surface area contributed by atoms with Crippen LogP contribution in [0.15, 0.2) is 0 Å². The van der Waals surface area contributed by atoms with E-state index in [4.69, 9.17) is 0 Å². The van der Waals surface area contributed by atoms with Crippen LogP contribution in [0, 0.1) is 5.92 Å². The summed E-state index contributed by atoms with van der Waals surface area (Å²) in [6, 6.07) is 0. The predicted molar refractivity (Wildman–Crippen MR) is 84.1 cm³/mol. The Kier molecular flexibility index (Phi) is 6.60. The summed E-state index contributed by atoms with van der Waals surface area (Å²) >= 11 is 0. The molecule has 0 aromatic rings. The van der Waals surface area contributed by atoms with Crippen LogP contribution in [0.5, 0.6) is 0 Å². The highest BCUT2D eigenvalue weighted by Gasteiger charge is 2.25. The molecule has 1 saturated heterocycles. The Labute approximate surface area is 128 Å². The van der Waals surface area contributed by atoms with Crippen molar-refractivity contribution in [3.63, 3.8) is 0 Å². The smallest absolute Gasteiger partial charge is 0.211 e. The molecule has 1 aliphatic rings. The minimum absolute atomic E-state index is 0.0363. The third-order valence-electron chi connectivity index (χ3n) is 3.45. The predicted octanol–water partition coefficient (Wildman–Crippen LogP) is -0.377. The molecule has 0 unspecified atom stereocenters. The van der Waals surface area contributed by atoms with Crippen molar-refractivity contribution in [3.8, 4) is 0 Å². The van der Waals surface area contributed by atoms with Crippen LogP contribution < -0.4 is 14.8 Å². The Bertz CT molecular complexity index is 523. The van der Waals surface area contributed by atoms with Gasteiger partial charge < -0.3 is 5.32 Å². The van der Waals surface area contributed by atoms with Gasteiger partial charge >= 0.3 is 0 Å². The van der Waals surface area contributed by atoms with Crippen molar-refractivity contribution < 1.29 is 16.8 Å². The molecule has 1 rings (SSSR count). The maximum Gasteiger partial charge on any atom is 0.211 e. The van der Waals surface area contributed by atoms with E-state index in [0.717, 1.165) is 32.2 Å². The largest absolute Gasteiger partial charge is 0.317 e. The lowest BCUT2D eigenvalue weighted by Gasteiger charge is -2.26. The second-order valence-electron chi connectivity index (χ2n) is 6.38. The molecular weight excluding hydrogens is 314 g/mol. The monoisotopic (exact) mass is 341 g/mol. The molecule has 0 spiro atoms. The average molecular weight is 341 g/mol. The second-order valence-corrected chi connectivity index (χ2v) is 10.1. The van der Waals surface area contributed by atoms with E-state index in [1.165, 1.54) is 0 Å². The van der Waals surface area contributed by atoms with Gasteiger partial charge in [-0.05, 0) is 52.1 Å². The van der Waals surface area contributed by atoms with Gasteiger partial charge in [0.25, 0.3) is 0 Å². The molecule has 0 saturated carbocycles. The van der Waals surface area contributed by atoms with Crippen LogP contribution >= 0.6 is 0 Å². The lowest BCUT2D eigenvalue weighted by atomic mass is 9.96. The van der Waals surface area contributed by atoms with Crippen LogP contribution in [-0.4, -0.2) is 54.0 Å². The van der Waals surface area contributed by atoms with Gasteiger partial charge in [0.1, 0.15) is 0 Å². The first-order chi connectivity index (χ1) is 9.49. The maximum atomic E-state index is 12.0. The average Bonchev–Trinajstić information content (AvgIpc) is 2.33. The quantitative estimate of drug-likeness (QED) is 0.558. The molecule has 0 radical (unpaired) electrons. The molecule has 7 nitrogen and oxygen atoms in total. The SMILES string of the molecule is CC(C)(CNS(=O)(=O)CCC1CCNCC1)NS(C)(=O)=O. The molecule has 1 heterocycles. The Hall–Kier alpha value is -0.220. The summed E-state index contributed by atoms with van der Waals surface area (Å²) in [5, 5.41) is 3.25. The van der Waals surface area contributed by atoms with E-state index in [0.29, 0.717) is 12.3 Å². The molecule has 0 bridgehead atoms. The number of sulfonamides is 2. The highest BCUT2D eigenvalue weighted by Crippen LogP contribution is 2.16. The van der Waals surface area contributed by atoms with E-state index in [2.05, 4.69) is 14.8 Å². The summed E-state index contributed by atoms with van der Waals surface area (Å²) in [7, 11) is -6.75. The van der Waals surface area contributed by atoms with Crippen molar-refractivity contribution in [3.05, 3.63) is 0 Å². The van der Waals surface area contributed by atoms with Crippen LogP contribution in [0.4, 0.5) is 0 Å². The Morgan fingerprint density at radius 2 is 1.71 bits per heavy atom. The summed E-state index contributed by atoms with van der Waals surface area (Å²) in [6.45, 7) is 5.22. The van der Waals surface area contributed by atoms with Crippen molar-refractivity contribution >= 4 is 20.0 Å². The van der Waals surface area contributed by atoms with Gasteiger partial charge in [0, 0.05) is 12.1 Å². The van der Waals surface area contributed by atoms with Crippen LogP contribution in [0.3, 0.4) is 0 Å². The zero-order valence-electron chi connectivity index (χ0n) is 13.0. The van der Waals surface area contributed by atoms with E-state index in [-0.39, 0.29) is 12.3 Å². The van der Waals surface area contributed by atoms with Gasteiger partial charge in [-0.3, -0.25) is 0 Å². The fraction of sp³-hybridized carbons (Fsp3) is 1.00. The lowest BCUT2D eigenvalue weighted by Crippen LogP contribution is -2.51. The summed E-state index contributed by atoms with van der Waals surface area (Å²) in [6.07, 6.45) is 3.73. The maximum absolute atomic E-state index is 12.0. The van der Waals surface area contributed by atoms with Crippen molar-refractivity contribution in [2.75, 3.05) is 31.6 Å². The standard InChI is InChI=1S/C12H27N3O4S2/c1-12(2,15-20(3,16)17)10-14-21(18,19)9-6-11-4-7-13-8-5-11/h11,13-15H,4-10H2,1-3H3.